The molecule has 0 aromatic heterocycles. The summed E-state index contributed by atoms with van der Waals surface area (Å²) in [5.41, 5.74) is -1.80. The summed E-state index contributed by atoms with van der Waals surface area (Å²) in [5, 5.41) is 23.2. The number of carbonyl (C=O) groups excluding carboxylic acids is 3. The van der Waals surface area contributed by atoms with Crippen molar-refractivity contribution in [2.75, 3.05) is 7.11 Å². The number of rotatable bonds is 3. The monoisotopic (exact) mass is 432 g/mol. The molecule has 1 unspecified atom stereocenters. The summed E-state index contributed by atoms with van der Waals surface area (Å²) in [6.45, 7) is 5.19. The molecule has 0 saturated heterocycles. The molecule has 4 rings (SSSR count). The molecule has 4 aliphatic rings. The van der Waals surface area contributed by atoms with Crippen LogP contribution >= 0.6 is 0 Å². The first-order chi connectivity index (χ1) is 14.5. The lowest BCUT2D eigenvalue weighted by Crippen LogP contribution is -2.64. The van der Waals surface area contributed by atoms with E-state index in [-0.39, 0.29) is 36.4 Å². The summed E-state index contributed by atoms with van der Waals surface area (Å²) in [5.74, 6) is -1.40. The molecule has 170 valence electrons. The van der Waals surface area contributed by atoms with Crippen LogP contribution in [0.25, 0.3) is 0 Å². The van der Waals surface area contributed by atoms with Crippen molar-refractivity contribution < 1.29 is 34.1 Å². The fourth-order valence-electron chi connectivity index (χ4n) is 7.41. The molecule has 31 heavy (non-hydrogen) atoms. The number of esters is 2. The second-order valence-corrected chi connectivity index (χ2v) is 10.2. The molecule has 0 aromatic rings. The minimum Gasteiger partial charge on any atom is -0.466 e. The van der Waals surface area contributed by atoms with E-state index in [0.29, 0.717) is 6.42 Å². The molecule has 0 aromatic carbocycles. The van der Waals surface area contributed by atoms with E-state index in [1.54, 1.807) is 12.2 Å². The Bertz CT molecular complexity index is 875. The molecule has 7 heteroatoms. The predicted molar refractivity (Wildman–Crippen MR) is 111 cm³/mol. The van der Waals surface area contributed by atoms with Crippen LogP contribution in [-0.2, 0) is 23.9 Å². The lowest BCUT2D eigenvalue weighted by molar-refractivity contribution is -0.218. The fraction of sp³-hybridized carbons (Fsp3) is 0.708. The number of methoxy groups -OCH3 is 1. The van der Waals surface area contributed by atoms with E-state index in [1.807, 2.05) is 13.0 Å². The maximum absolute atomic E-state index is 12.5. The number of hydrogen-bond donors (Lipinski definition) is 2. The molecule has 0 bridgehead atoms. The maximum atomic E-state index is 12.5. The lowest BCUT2D eigenvalue weighted by atomic mass is 9.46. The summed E-state index contributed by atoms with van der Waals surface area (Å²) < 4.78 is 10.1. The Morgan fingerprint density at radius 3 is 2.61 bits per heavy atom. The van der Waals surface area contributed by atoms with Crippen molar-refractivity contribution in [2.24, 2.45) is 28.6 Å². The average molecular weight is 433 g/mol. The molecule has 0 radical (unpaired) electrons. The van der Waals surface area contributed by atoms with E-state index in [4.69, 9.17) is 9.47 Å². The summed E-state index contributed by atoms with van der Waals surface area (Å²) in [6.07, 6.45) is 5.83. The summed E-state index contributed by atoms with van der Waals surface area (Å²) >= 11 is 0. The van der Waals surface area contributed by atoms with Crippen molar-refractivity contribution in [1.29, 1.82) is 0 Å². The molecule has 2 N–H and O–H groups in total. The van der Waals surface area contributed by atoms with Gasteiger partial charge in [-0.3, -0.25) is 9.59 Å². The zero-order valence-corrected chi connectivity index (χ0v) is 18.6. The average Bonchev–Trinajstić information content (AvgIpc) is 2.97. The van der Waals surface area contributed by atoms with Crippen LogP contribution in [0.15, 0.2) is 23.8 Å². The molecule has 3 saturated carbocycles. The highest BCUT2D eigenvalue weighted by Crippen LogP contribution is 2.67. The molecule has 7 nitrogen and oxygen atoms in total. The van der Waals surface area contributed by atoms with Gasteiger partial charge in [0, 0.05) is 23.7 Å². The van der Waals surface area contributed by atoms with Gasteiger partial charge < -0.3 is 19.7 Å². The molecule has 8 atom stereocenters. The third-order valence-electron chi connectivity index (χ3n) is 8.84. The van der Waals surface area contributed by atoms with Gasteiger partial charge in [-0.05, 0) is 56.1 Å². The first kappa shape index (κ1) is 22.2. The van der Waals surface area contributed by atoms with Crippen molar-refractivity contribution in [1.82, 2.24) is 0 Å². The third kappa shape index (κ3) is 3.04. The second kappa shape index (κ2) is 7.27. The smallest absolute Gasteiger partial charge is 0.350 e. The Morgan fingerprint density at radius 1 is 1.26 bits per heavy atom. The van der Waals surface area contributed by atoms with Gasteiger partial charge in [-0.25, -0.2) is 4.79 Å². The van der Waals surface area contributed by atoms with Crippen molar-refractivity contribution in [3.63, 3.8) is 0 Å². The van der Waals surface area contributed by atoms with Gasteiger partial charge in [0.05, 0.1) is 13.2 Å². The van der Waals surface area contributed by atoms with Crippen LogP contribution in [0.3, 0.4) is 0 Å². The molecule has 0 heterocycles. The quantitative estimate of drug-likeness (QED) is 0.657. The van der Waals surface area contributed by atoms with E-state index in [0.717, 1.165) is 18.4 Å². The number of ketones is 1. The van der Waals surface area contributed by atoms with Crippen LogP contribution in [-0.4, -0.2) is 52.9 Å². The summed E-state index contributed by atoms with van der Waals surface area (Å²) in [7, 11) is 1.20. The number of hydrogen-bond acceptors (Lipinski definition) is 7. The number of carbonyl (C=O) groups is 3. The minimum atomic E-state index is -1.63. The van der Waals surface area contributed by atoms with Gasteiger partial charge in [0.25, 0.3) is 0 Å². The Kier molecular flexibility index (Phi) is 5.21. The van der Waals surface area contributed by atoms with Crippen LogP contribution in [0.5, 0.6) is 0 Å². The number of allylic oxidation sites excluding steroid dienone is 4. The molecule has 0 amide bonds. The van der Waals surface area contributed by atoms with Gasteiger partial charge >= 0.3 is 11.9 Å². The van der Waals surface area contributed by atoms with Crippen molar-refractivity contribution in [2.45, 2.75) is 70.7 Å². The third-order valence-corrected chi connectivity index (χ3v) is 8.84. The maximum Gasteiger partial charge on any atom is 0.350 e. The normalized spacial score (nSPS) is 44.5. The van der Waals surface area contributed by atoms with Crippen LogP contribution < -0.4 is 0 Å². The fourth-order valence-corrected chi connectivity index (χ4v) is 7.41. The van der Waals surface area contributed by atoms with Gasteiger partial charge in [-0.2, -0.15) is 0 Å². The molecule has 0 aliphatic heterocycles. The summed E-state index contributed by atoms with van der Waals surface area (Å²) in [6, 6.07) is 0. The van der Waals surface area contributed by atoms with Gasteiger partial charge in [-0.1, -0.05) is 25.5 Å². The van der Waals surface area contributed by atoms with Crippen LogP contribution in [0.2, 0.25) is 0 Å². The highest BCUT2D eigenvalue weighted by molar-refractivity contribution is 6.01. The number of aliphatic hydroxyl groups is 2. The van der Waals surface area contributed by atoms with Gasteiger partial charge in [-0.15, -0.1) is 0 Å². The molecule has 4 aliphatic carbocycles. The highest BCUT2D eigenvalue weighted by Gasteiger charge is 2.69. The zero-order chi connectivity index (χ0) is 22.8. The second-order valence-electron chi connectivity index (χ2n) is 10.2. The highest BCUT2D eigenvalue weighted by atomic mass is 16.6. The van der Waals surface area contributed by atoms with Crippen molar-refractivity contribution >= 4 is 17.7 Å². The van der Waals surface area contributed by atoms with Crippen LogP contribution in [0.4, 0.5) is 0 Å². The van der Waals surface area contributed by atoms with E-state index >= 15 is 0 Å². The molecular weight excluding hydrogens is 400 g/mol. The molecule has 0 spiro atoms. The molecule has 3 fully saturated rings. The van der Waals surface area contributed by atoms with E-state index in [1.165, 1.54) is 14.0 Å². The van der Waals surface area contributed by atoms with Gasteiger partial charge in [0.2, 0.25) is 6.10 Å². The van der Waals surface area contributed by atoms with Gasteiger partial charge in [0.15, 0.2) is 5.78 Å². The standard InChI is InChI=1S/C24H32O7/c1-13(25)31-20(21(28)30-4)24(29)10-8-17-16-6-5-14-11-15(26)7-9-22(14,2)19(16)18(27)12-23(17,24)3/h7,9,11,16-20,27,29H,5-6,8,10,12H2,1-4H3/t16-,17-,18-,19+,20?,22-,23-,24-/m0/s1. The van der Waals surface area contributed by atoms with Crippen LogP contribution in [0, 0.1) is 28.6 Å². The largest absolute Gasteiger partial charge is 0.466 e. The lowest BCUT2D eigenvalue weighted by Gasteiger charge is -2.60. The van der Waals surface area contributed by atoms with E-state index in [9.17, 15) is 24.6 Å². The Morgan fingerprint density at radius 2 is 1.97 bits per heavy atom. The van der Waals surface area contributed by atoms with Crippen molar-refractivity contribution in [3.05, 3.63) is 23.8 Å². The number of aliphatic hydroxyl groups excluding tert-OH is 1. The topological polar surface area (TPSA) is 110 Å². The first-order valence-electron chi connectivity index (χ1n) is 11.1. The Labute approximate surface area is 182 Å². The Balaban J connectivity index is 1.73. The SMILES string of the molecule is COC(=O)C(OC(C)=O)[C@@]1(O)CC[C@H]2[C@@H]3CCC4=CC(=O)C=C[C@]4(C)[C@H]3[C@@H](O)C[C@@]21C. The Hall–Kier alpha value is -1.99. The predicted octanol–water partition coefficient (Wildman–Crippen LogP) is 2.10. The van der Waals surface area contributed by atoms with E-state index < -0.39 is 40.6 Å². The zero-order valence-electron chi connectivity index (χ0n) is 18.6. The van der Waals surface area contributed by atoms with Crippen LogP contribution in [0.1, 0.15) is 52.9 Å². The first-order valence-corrected chi connectivity index (χ1v) is 11.1. The van der Waals surface area contributed by atoms with Crippen molar-refractivity contribution in [3.8, 4) is 0 Å². The molecular formula is C24H32O7. The number of ether oxygens (including phenoxy) is 2. The van der Waals surface area contributed by atoms with E-state index in [2.05, 4.69) is 6.92 Å². The van der Waals surface area contributed by atoms with Gasteiger partial charge in [0.1, 0.15) is 5.60 Å². The summed E-state index contributed by atoms with van der Waals surface area (Å²) in [4.78, 5) is 36.2. The minimum absolute atomic E-state index is 0.0152. The number of fused-ring (bicyclic) bond motifs is 5.